The fourth-order valence-corrected chi connectivity index (χ4v) is 5.45. The van der Waals surface area contributed by atoms with Gasteiger partial charge in [0.15, 0.2) is 5.79 Å². The molecule has 2 amide bonds. The van der Waals surface area contributed by atoms with E-state index in [0.717, 1.165) is 4.90 Å². The number of aliphatic hydroxyl groups excluding tert-OH is 1. The van der Waals surface area contributed by atoms with Crippen LogP contribution in [0, 0.1) is 5.92 Å². The molecule has 4 fully saturated rings. The van der Waals surface area contributed by atoms with Gasteiger partial charge >= 0.3 is 0 Å². The van der Waals surface area contributed by atoms with Crippen LogP contribution in [-0.2, 0) is 23.8 Å². The number of thioether (sulfide) groups is 1. The van der Waals surface area contributed by atoms with Crippen LogP contribution in [0.1, 0.15) is 27.2 Å². The van der Waals surface area contributed by atoms with Gasteiger partial charge in [-0.3, -0.25) is 9.59 Å². The van der Waals surface area contributed by atoms with E-state index in [1.54, 1.807) is 20.8 Å². The quantitative estimate of drug-likeness (QED) is 0.472. The van der Waals surface area contributed by atoms with Crippen molar-refractivity contribution in [3.63, 3.8) is 0 Å². The molecule has 0 aromatic heterocycles. The number of ether oxygens (including phenoxy) is 3. The molecule has 4 saturated heterocycles. The molecule has 1 aromatic carbocycles. The lowest BCUT2D eigenvalue weighted by Gasteiger charge is -2.51. The molecule has 2 bridgehead atoms. The van der Waals surface area contributed by atoms with Gasteiger partial charge in [0.05, 0.1) is 13.2 Å². The summed E-state index contributed by atoms with van der Waals surface area (Å²) in [5.41, 5.74) is -5.52. The lowest BCUT2D eigenvalue weighted by molar-refractivity contribution is -0.247. The number of hydrogen-bond acceptors (Lipinski definition) is 8. The lowest BCUT2D eigenvalue weighted by Crippen LogP contribution is -2.83. The smallest absolute Gasteiger partial charge is 0.278 e. The van der Waals surface area contributed by atoms with Crippen LogP contribution in [0.15, 0.2) is 35.2 Å². The van der Waals surface area contributed by atoms with Crippen LogP contribution in [0.4, 0.5) is 0 Å². The summed E-state index contributed by atoms with van der Waals surface area (Å²) in [6.07, 6.45) is -1.27. The first kappa shape index (κ1) is 22.5. The second kappa shape index (κ2) is 7.72. The van der Waals surface area contributed by atoms with Crippen LogP contribution in [0.3, 0.4) is 0 Å². The summed E-state index contributed by atoms with van der Waals surface area (Å²) in [5.74, 6) is -2.84. The number of hydrogen-bond donors (Lipinski definition) is 4. The molecule has 0 spiro atoms. The Morgan fingerprint density at radius 1 is 1.13 bits per heavy atom. The molecular formula is C21H28N2O7S. The van der Waals surface area contributed by atoms with Crippen LogP contribution in [-0.4, -0.2) is 69.9 Å². The van der Waals surface area contributed by atoms with E-state index in [-0.39, 0.29) is 13.2 Å². The Kier molecular flexibility index (Phi) is 5.60. The van der Waals surface area contributed by atoms with Gasteiger partial charge in [-0.15, -0.1) is 11.8 Å². The Morgan fingerprint density at radius 3 is 2.48 bits per heavy atom. The number of fused-ring (bicyclic) bond motifs is 5. The molecule has 0 radical (unpaired) electrons. The fourth-order valence-electron chi connectivity index (χ4n) is 4.29. The van der Waals surface area contributed by atoms with Gasteiger partial charge in [0.2, 0.25) is 5.72 Å². The Hall–Kier alpha value is -1.69. The third kappa shape index (κ3) is 3.85. The highest BCUT2D eigenvalue weighted by atomic mass is 32.2. The van der Waals surface area contributed by atoms with Gasteiger partial charge in [0.25, 0.3) is 17.5 Å². The van der Waals surface area contributed by atoms with E-state index in [2.05, 4.69) is 10.6 Å². The number of piperazine rings is 1. The first-order chi connectivity index (χ1) is 14.5. The molecule has 10 heteroatoms. The number of nitrogens with one attached hydrogen (secondary N) is 2. The molecule has 1 aromatic rings. The first-order valence-corrected chi connectivity index (χ1v) is 11.2. The van der Waals surface area contributed by atoms with E-state index in [9.17, 15) is 19.8 Å². The summed E-state index contributed by atoms with van der Waals surface area (Å²) >= 11 is 1.47. The highest BCUT2D eigenvalue weighted by molar-refractivity contribution is 7.99. The average Bonchev–Trinajstić information content (AvgIpc) is 3.01. The van der Waals surface area contributed by atoms with Crippen molar-refractivity contribution in [2.45, 2.75) is 61.0 Å². The number of carbonyl (C=O) groups excluding carboxylic acids is 2. The maximum Gasteiger partial charge on any atom is 0.278 e. The highest BCUT2D eigenvalue weighted by Gasteiger charge is 2.66. The molecule has 5 atom stereocenters. The second-order valence-corrected chi connectivity index (χ2v) is 9.97. The number of amides is 2. The van der Waals surface area contributed by atoms with Crippen molar-refractivity contribution >= 4 is 23.6 Å². The van der Waals surface area contributed by atoms with Crippen LogP contribution in [0.2, 0.25) is 0 Å². The minimum Gasteiger partial charge on any atom is -0.384 e. The molecule has 31 heavy (non-hydrogen) atoms. The van der Waals surface area contributed by atoms with Gasteiger partial charge in [-0.25, -0.2) is 0 Å². The minimum absolute atomic E-state index is 0.00393. The topological polar surface area (TPSA) is 126 Å². The van der Waals surface area contributed by atoms with Gasteiger partial charge < -0.3 is 35.1 Å². The zero-order chi connectivity index (χ0) is 22.5. The Morgan fingerprint density at radius 2 is 1.84 bits per heavy atom. The Balaban J connectivity index is 1.56. The fraction of sp³-hybridized carbons (Fsp3) is 0.619. The summed E-state index contributed by atoms with van der Waals surface area (Å²) in [4.78, 5) is 27.2. The van der Waals surface area contributed by atoms with Crippen LogP contribution >= 0.6 is 11.8 Å². The average molecular weight is 453 g/mol. The van der Waals surface area contributed by atoms with Crippen molar-refractivity contribution in [1.29, 1.82) is 0 Å². The van der Waals surface area contributed by atoms with E-state index in [1.165, 1.54) is 11.8 Å². The maximum atomic E-state index is 13.1. The minimum atomic E-state index is -2.11. The monoisotopic (exact) mass is 452 g/mol. The molecule has 4 aliphatic heterocycles. The number of carbonyl (C=O) groups is 2. The molecule has 170 valence electrons. The molecule has 9 nitrogen and oxygen atoms in total. The molecule has 0 saturated carbocycles. The predicted octanol–water partition coefficient (Wildman–Crippen LogP) is 0.349. The summed E-state index contributed by atoms with van der Waals surface area (Å²) in [6, 6.07) is 9.57. The predicted molar refractivity (Wildman–Crippen MR) is 111 cm³/mol. The molecular weight excluding hydrogens is 424 g/mol. The second-order valence-electron chi connectivity index (χ2n) is 8.87. The number of benzene rings is 1. The van der Waals surface area contributed by atoms with Crippen molar-refractivity contribution in [3.8, 4) is 0 Å². The Bertz CT molecular complexity index is 869. The van der Waals surface area contributed by atoms with Crippen molar-refractivity contribution in [1.82, 2.24) is 10.6 Å². The SMILES string of the molecule is CC1(C)OC[C@@](C)([C@H](O)[C@@]23NC(=O)[C@@](O)(NC2=O)C(CSc2ccccc2)CCO3)O1. The van der Waals surface area contributed by atoms with E-state index >= 15 is 0 Å². The standard InChI is InChI=1S/C21H28N2O7S/c1-18(2)29-12-19(3,30-18)15(24)21-17(26)22-20(27,16(25)23-21)13(9-10-28-21)11-31-14-7-5-4-6-8-14/h4-8,13,15,24,27H,9-12H2,1-3H3,(H,22,26)(H,23,25)/t13?,15-,19-,20+,21-/m0/s1. The van der Waals surface area contributed by atoms with Crippen molar-refractivity contribution < 1.29 is 34.0 Å². The van der Waals surface area contributed by atoms with Crippen molar-refractivity contribution in [2.24, 2.45) is 5.92 Å². The summed E-state index contributed by atoms with van der Waals surface area (Å²) in [7, 11) is 0. The maximum absolute atomic E-state index is 13.1. The Labute approximate surface area is 184 Å². The van der Waals surface area contributed by atoms with Crippen LogP contribution < -0.4 is 10.6 Å². The van der Waals surface area contributed by atoms with E-state index in [4.69, 9.17) is 14.2 Å². The normalized spacial score (nSPS) is 38.2. The highest BCUT2D eigenvalue weighted by Crippen LogP contribution is 2.41. The van der Waals surface area contributed by atoms with Crippen LogP contribution in [0.5, 0.6) is 0 Å². The molecule has 5 rings (SSSR count). The number of aliphatic hydroxyl groups is 2. The summed E-state index contributed by atoms with van der Waals surface area (Å²) in [5, 5.41) is 27.2. The van der Waals surface area contributed by atoms with Gasteiger partial charge in [-0.2, -0.15) is 0 Å². The molecule has 4 heterocycles. The van der Waals surface area contributed by atoms with Gasteiger partial charge in [0.1, 0.15) is 11.7 Å². The zero-order valence-electron chi connectivity index (χ0n) is 17.7. The first-order valence-electron chi connectivity index (χ1n) is 10.2. The van der Waals surface area contributed by atoms with E-state index in [1.807, 2.05) is 30.3 Å². The van der Waals surface area contributed by atoms with Gasteiger partial charge in [-0.1, -0.05) is 18.2 Å². The van der Waals surface area contributed by atoms with Crippen molar-refractivity contribution in [2.75, 3.05) is 19.0 Å². The summed E-state index contributed by atoms with van der Waals surface area (Å²) in [6.45, 7) is 5.01. The van der Waals surface area contributed by atoms with Gasteiger partial charge in [-0.05, 0) is 39.3 Å². The zero-order valence-corrected chi connectivity index (χ0v) is 18.5. The molecule has 4 aliphatic rings. The van der Waals surface area contributed by atoms with Crippen LogP contribution in [0.25, 0.3) is 0 Å². The lowest BCUT2D eigenvalue weighted by atomic mass is 9.83. The van der Waals surface area contributed by atoms with E-state index in [0.29, 0.717) is 12.2 Å². The largest absolute Gasteiger partial charge is 0.384 e. The molecule has 4 N–H and O–H groups in total. The molecule has 0 aliphatic carbocycles. The third-order valence-electron chi connectivity index (χ3n) is 6.02. The van der Waals surface area contributed by atoms with Crippen molar-refractivity contribution in [3.05, 3.63) is 30.3 Å². The van der Waals surface area contributed by atoms with Gasteiger partial charge in [0, 0.05) is 16.6 Å². The summed E-state index contributed by atoms with van der Waals surface area (Å²) < 4.78 is 17.2. The third-order valence-corrected chi connectivity index (χ3v) is 7.19. The number of rotatable bonds is 5. The molecule has 1 unspecified atom stereocenters. The van der Waals surface area contributed by atoms with E-state index < -0.39 is 46.7 Å².